The van der Waals surface area contributed by atoms with Gasteiger partial charge in [0, 0.05) is 0 Å². The average Bonchev–Trinajstić information content (AvgIpc) is 2.04. The molecule has 0 aromatic heterocycles. The maximum absolute atomic E-state index is 10.5. The van der Waals surface area contributed by atoms with Gasteiger partial charge in [0.25, 0.3) is 0 Å². The Morgan fingerprint density at radius 1 is 1.31 bits per heavy atom. The van der Waals surface area contributed by atoms with E-state index >= 15 is 0 Å². The largest absolute Gasteiger partial charge is 0.807 e. The minimum absolute atomic E-state index is 0.212. The summed E-state index contributed by atoms with van der Waals surface area (Å²) in [6, 6.07) is 5.40. The van der Waals surface area contributed by atoms with Crippen LogP contribution in [0.2, 0.25) is 0 Å². The fourth-order valence-electron chi connectivity index (χ4n) is 0.892. The first-order valence-corrected chi connectivity index (χ1v) is 5.34. The molecule has 0 saturated heterocycles. The summed E-state index contributed by atoms with van der Waals surface area (Å²) < 4.78 is 15.6. The van der Waals surface area contributed by atoms with Crippen LogP contribution in [0, 0.1) is 0 Å². The Hall–Kier alpha value is -0.830. The average molecular weight is 200 g/mol. The van der Waals surface area contributed by atoms with Gasteiger partial charge in [-0.2, -0.15) is 0 Å². The molecule has 0 heterocycles. The molecule has 0 amide bonds. The fourth-order valence-corrected chi connectivity index (χ4v) is 1.41. The van der Waals surface area contributed by atoms with E-state index in [1.54, 1.807) is 0 Å². The summed E-state index contributed by atoms with van der Waals surface area (Å²) in [5, 5.41) is -0.212. The molecule has 4 nitrogen and oxygen atoms in total. The summed E-state index contributed by atoms with van der Waals surface area (Å²) in [5.74, 6) is 0.555. The van der Waals surface area contributed by atoms with Gasteiger partial charge in [0.2, 0.25) is 0 Å². The van der Waals surface area contributed by atoms with Crippen molar-refractivity contribution in [1.29, 1.82) is 0 Å². The Kier molecular flexibility index (Phi) is 3.09. The second-order valence-electron chi connectivity index (χ2n) is 2.42. The van der Waals surface area contributed by atoms with E-state index in [0.717, 1.165) is 0 Å². The highest BCUT2D eigenvalue weighted by Crippen LogP contribution is 2.23. The van der Waals surface area contributed by atoms with Gasteiger partial charge in [-0.3, -0.25) is 0 Å². The summed E-state index contributed by atoms with van der Waals surface area (Å²) in [6.07, 6.45) is 0. The van der Waals surface area contributed by atoms with Crippen molar-refractivity contribution in [3.05, 3.63) is 24.3 Å². The highest BCUT2D eigenvalue weighted by Gasteiger charge is 1.97. The molecule has 0 radical (unpaired) electrons. The Bertz CT molecular complexity index is 313. The predicted octanol–water partition coefficient (Wildman–Crippen LogP) is -0.376. The van der Waals surface area contributed by atoms with Crippen molar-refractivity contribution in [1.82, 2.24) is 0 Å². The zero-order chi connectivity index (χ0) is 9.90. The number of benzene rings is 1. The lowest BCUT2D eigenvalue weighted by Gasteiger charge is -2.29. The molecular weight excluding hydrogens is 191 g/mol. The number of hydrogen-bond acceptors (Lipinski definition) is 4. The minimum atomic E-state index is -4.61. The third-order valence-corrected chi connectivity index (χ3v) is 2.39. The molecule has 0 N–H and O–H groups in total. The van der Waals surface area contributed by atoms with Gasteiger partial charge >= 0.3 is 0 Å². The molecule has 72 valence electrons. The molecule has 0 fully saturated rings. The van der Waals surface area contributed by atoms with Gasteiger partial charge in [0.1, 0.15) is 5.75 Å². The van der Waals surface area contributed by atoms with Crippen LogP contribution in [0.25, 0.3) is 0 Å². The fraction of sp³-hybridized carbons (Fsp3) is 0.250. The van der Waals surface area contributed by atoms with Gasteiger partial charge in [-0.1, -0.05) is 12.1 Å². The third kappa shape index (κ3) is 2.84. The first-order chi connectivity index (χ1) is 6.04. The number of ether oxygens (including phenoxy) is 1. The van der Waals surface area contributed by atoms with Crippen molar-refractivity contribution in [2.24, 2.45) is 0 Å². The van der Waals surface area contributed by atoms with E-state index < -0.39 is 7.60 Å². The topological polar surface area (TPSA) is 72.4 Å². The van der Waals surface area contributed by atoms with Crippen LogP contribution in [-0.2, 0) is 4.57 Å². The smallest absolute Gasteiger partial charge is 0.119 e. The van der Waals surface area contributed by atoms with Crippen LogP contribution >= 0.6 is 7.60 Å². The normalized spacial score (nSPS) is 11.3. The third-order valence-electron chi connectivity index (χ3n) is 1.46. The van der Waals surface area contributed by atoms with Crippen LogP contribution < -0.4 is 19.8 Å². The number of rotatable bonds is 3. The van der Waals surface area contributed by atoms with Crippen molar-refractivity contribution < 1.29 is 19.1 Å². The Balaban J connectivity index is 2.88. The monoisotopic (exact) mass is 200 g/mol. The standard InChI is InChI=1S/C8H11O4P/c1-2-12-7-3-5-8(6-4-7)13(9,10)11/h3-6H,2H2,1H3,(H2,9,10,11)/p-2. The van der Waals surface area contributed by atoms with Crippen molar-refractivity contribution in [2.75, 3.05) is 6.61 Å². The molecule has 1 aromatic carbocycles. The maximum Gasteiger partial charge on any atom is 0.119 e. The van der Waals surface area contributed by atoms with Crippen molar-refractivity contribution in [2.45, 2.75) is 6.92 Å². The summed E-state index contributed by atoms with van der Waals surface area (Å²) in [7, 11) is -4.61. The van der Waals surface area contributed by atoms with Gasteiger partial charge in [0.05, 0.1) is 6.61 Å². The summed E-state index contributed by atoms with van der Waals surface area (Å²) in [6.45, 7) is 2.33. The van der Waals surface area contributed by atoms with E-state index in [9.17, 15) is 14.4 Å². The molecular formula is C8H9O4P-2. The van der Waals surface area contributed by atoms with Crippen molar-refractivity contribution >= 4 is 12.9 Å². The quantitative estimate of drug-likeness (QED) is 0.623. The molecule has 0 unspecified atom stereocenters. The lowest BCUT2D eigenvalue weighted by atomic mass is 10.3. The van der Waals surface area contributed by atoms with Crippen LogP contribution in [-0.4, -0.2) is 6.61 Å². The molecule has 5 heteroatoms. The molecule has 0 aliphatic carbocycles. The van der Waals surface area contributed by atoms with Gasteiger partial charge in [0.15, 0.2) is 0 Å². The lowest BCUT2D eigenvalue weighted by Crippen LogP contribution is -2.24. The van der Waals surface area contributed by atoms with Crippen molar-refractivity contribution in [3.63, 3.8) is 0 Å². The molecule has 0 spiro atoms. The van der Waals surface area contributed by atoms with Gasteiger partial charge in [-0.05, 0) is 32.0 Å². The Labute approximate surface area is 76.3 Å². The zero-order valence-corrected chi connectivity index (χ0v) is 7.99. The van der Waals surface area contributed by atoms with E-state index in [4.69, 9.17) is 4.74 Å². The maximum atomic E-state index is 10.5. The van der Waals surface area contributed by atoms with Crippen LogP contribution in [0.4, 0.5) is 0 Å². The van der Waals surface area contributed by atoms with Gasteiger partial charge < -0.3 is 19.1 Å². The first-order valence-electron chi connectivity index (χ1n) is 3.79. The summed E-state index contributed by atoms with van der Waals surface area (Å²) in [4.78, 5) is 21.1. The molecule has 0 bridgehead atoms. The van der Waals surface area contributed by atoms with E-state index in [1.807, 2.05) is 6.92 Å². The van der Waals surface area contributed by atoms with E-state index in [1.165, 1.54) is 24.3 Å². The zero-order valence-electron chi connectivity index (χ0n) is 7.10. The highest BCUT2D eigenvalue weighted by molar-refractivity contribution is 7.57. The SMILES string of the molecule is CCOc1ccc(P(=O)([O-])[O-])cc1. The number of hydrogen-bond donors (Lipinski definition) is 0. The molecule has 0 atom stereocenters. The summed E-state index contributed by atoms with van der Waals surface area (Å²) >= 11 is 0. The second-order valence-corrected chi connectivity index (χ2v) is 3.94. The Morgan fingerprint density at radius 3 is 2.23 bits per heavy atom. The molecule has 0 saturated carbocycles. The van der Waals surface area contributed by atoms with Crippen molar-refractivity contribution in [3.8, 4) is 5.75 Å². The second kappa shape index (κ2) is 3.92. The van der Waals surface area contributed by atoms with Gasteiger partial charge in [-0.25, -0.2) is 0 Å². The Morgan fingerprint density at radius 2 is 1.85 bits per heavy atom. The molecule has 0 aliphatic rings. The first kappa shape index (κ1) is 10.3. The molecule has 0 aliphatic heterocycles. The van der Waals surface area contributed by atoms with Crippen LogP contribution in [0.15, 0.2) is 24.3 Å². The lowest BCUT2D eigenvalue weighted by molar-refractivity contribution is -0.307. The predicted molar refractivity (Wildman–Crippen MR) is 44.9 cm³/mol. The summed E-state index contributed by atoms with van der Waals surface area (Å²) in [5.41, 5.74) is 0. The van der Waals surface area contributed by atoms with Gasteiger partial charge in [-0.15, -0.1) is 0 Å². The van der Waals surface area contributed by atoms with Crippen LogP contribution in [0.5, 0.6) is 5.75 Å². The minimum Gasteiger partial charge on any atom is -0.807 e. The molecule has 1 rings (SSSR count). The van der Waals surface area contributed by atoms with E-state index in [-0.39, 0.29) is 5.30 Å². The van der Waals surface area contributed by atoms with Crippen LogP contribution in [0.3, 0.4) is 0 Å². The van der Waals surface area contributed by atoms with E-state index in [0.29, 0.717) is 12.4 Å². The molecule has 1 aromatic rings. The highest BCUT2D eigenvalue weighted by atomic mass is 31.2. The van der Waals surface area contributed by atoms with E-state index in [2.05, 4.69) is 0 Å². The van der Waals surface area contributed by atoms with Crippen LogP contribution in [0.1, 0.15) is 6.92 Å². The molecule has 13 heavy (non-hydrogen) atoms.